The second-order valence-electron chi connectivity index (χ2n) is 3.43. The van der Waals surface area contributed by atoms with Gasteiger partial charge in [0.15, 0.2) is 0 Å². The zero-order valence-corrected chi connectivity index (χ0v) is 8.19. The molecule has 0 saturated carbocycles. The lowest BCUT2D eigenvalue weighted by atomic mass is 10.2. The van der Waals surface area contributed by atoms with E-state index in [1.807, 2.05) is 24.3 Å². The molecular weight excluding hydrogens is 192 g/mol. The maximum atomic E-state index is 10.2. The van der Waals surface area contributed by atoms with Crippen molar-refractivity contribution in [2.24, 2.45) is 0 Å². The van der Waals surface area contributed by atoms with Gasteiger partial charge in [0.05, 0.1) is 11.0 Å². The van der Waals surface area contributed by atoms with E-state index in [4.69, 9.17) is 0 Å². The van der Waals surface area contributed by atoms with Gasteiger partial charge in [-0.1, -0.05) is 12.1 Å². The highest BCUT2D eigenvalue weighted by Gasteiger charge is 2.01. The highest BCUT2D eigenvalue weighted by atomic mass is 16.4. The van der Waals surface area contributed by atoms with E-state index in [2.05, 4.69) is 9.97 Å². The summed E-state index contributed by atoms with van der Waals surface area (Å²) in [4.78, 5) is 17.7. The molecule has 1 aromatic heterocycles. The molecule has 0 aliphatic heterocycles. The molecule has 1 aromatic carbocycles. The van der Waals surface area contributed by atoms with Crippen molar-refractivity contribution in [1.82, 2.24) is 9.97 Å². The van der Waals surface area contributed by atoms with Gasteiger partial charge in [-0.15, -0.1) is 0 Å². The summed E-state index contributed by atoms with van der Waals surface area (Å²) >= 11 is 0. The van der Waals surface area contributed by atoms with Crippen LogP contribution in [0.15, 0.2) is 24.3 Å². The van der Waals surface area contributed by atoms with E-state index < -0.39 is 5.97 Å². The molecule has 1 heterocycles. The Labute approximate surface area is 87.0 Å². The third-order valence-electron chi connectivity index (χ3n) is 2.23. The number of aliphatic carboxylic acids is 1. The molecule has 0 spiro atoms. The Hall–Kier alpha value is -1.84. The lowest BCUT2D eigenvalue weighted by molar-refractivity contribution is -0.305. The Morgan fingerprint density at radius 2 is 2.20 bits per heavy atom. The number of benzene rings is 1. The maximum absolute atomic E-state index is 10.2. The fraction of sp³-hybridized carbons (Fsp3) is 0.273. The van der Waals surface area contributed by atoms with Gasteiger partial charge < -0.3 is 14.9 Å². The van der Waals surface area contributed by atoms with Gasteiger partial charge in [-0.05, 0) is 25.0 Å². The Balaban J connectivity index is 2.05. The first-order valence-corrected chi connectivity index (χ1v) is 4.89. The first kappa shape index (κ1) is 9.71. The average Bonchev–Trinajstić information content (AvgIpc) is 2.59. The number of aryl methyl sites for hydroxylation is 1. The molecule has 15 heavy (non-hydrogen) atoms. The summed E-state index contributed by atoms with van der Waals surface area (Å²) < 4.78 is 0. The number of carboxylic acids is 1. The van der Waals surface area contributed by atoms with Crippen molar-refractivity contribution in [2.45, 2.75) is 19.3 Å². The normalized spacial score (nSPS) is 10.7. The molecule has 0 fully saturated rings. The first-order valence-electron chi connectivity index (χ1n) is 4.89. The number of H-pyrrole nitrogens is 1. The highest BCUT2D eigenvalue weighted by molar-refractivity contribution is 5.74. The molecule has 1 N–H and O–H groups in total. The van der Waals surface area contributed by atoms with Gasteiger partial charge in [0.1, 0.15) is 5.82 Å². The van der Waals surface area contributed by atoms with Crippen molar-refractivity contribution in [2.75, 3.05) is 0 Å². The number of nitrogens with zero attached hydrogens (tertiary/aromatic N) is 1. The van der Waals surface area contributed by atoms with Gasteiger partial charge in [0.2, 0.25) is 0 Å². The van der Waals surface area contributed by atoms with Crippen molar-refractivity contribution < 1.29 is 9.90 Å². The minimum Gasteiger partial charge on any atom is -0.550 e. The molecule has 2 rings (SSSR count). The van der Waals surface area contributed by atoms with E-state index in [9.17, 15) is 9.90 Å². The number of para-hydroxylation sites is 2. The van der Waals surface area contributed by atoms with E-state index in [1.54, 1.807) is 0 Å². The van der Waals surface area contributed by atoms with Crippen LogP contribution in [0.5, 0.6) is 0 Å². The van der Waals surface area contributed by atoms with Crippen LogP contribution in [0, 0.1) is 0 Å². The molecule has 0 aliphatic carbocycles. The number of aromatic nitrogens is 2. The maximum Gasteiger partial charge on any atom is 0.107 e. The lowest BCUT2D eigenvalue weighted by Gasteiger charge is -1.98. The van der Waals surface area contributed by atoms with Crippen LogP contribution >= 0.6 is 0 Å². The second-order valence-corrected chi connectivity index (χ2v) is 3.43. The number of rotatable bonds is 4. The van der Waals surface area contributed by atoms with Crippen molar-refractivity contribution in [1.29, 1.82) is 0 Å². The average molecular weight is 203 g/mol. The van der Waals surface area contributed by atoms with Crippen LogP contribution in [0.2, 0.25) is 0 Å². The van der Waals surface area contributed by atoms with Crippen LogP contribution in [0.3, 0.4) is 0 Å². The lowest BCUT2D eigenvalue weighted by Crippen LogP contribution is -2.21. The number of hydrogen-bond acceptors (Lipinski definition) is 3. The molecular formula is C11H11N2O2-. The van der Waals surface area contributed by atoms with Crippen molar-refractivity contribution in [3.63, 3.8) is 0 Å². The van der Waals surface area contributed by atoms with E-state index >= 15 is 0 Å². The number of carbonyl (C=O) groups excluding carboxylic acids is 1. The van der Waals surface area contributed by atoms with Gasteiger partial charge in [0, 0.05) is 12.4 Å². The predicted molar refractivity (Wildman–Crippen MR) is 54.0 cm³/mol. The summed E-state index contributed by atoms with van der Waals surface area (Å²) in [5.41, 5.74) is 1.90. The van der Waals surface area contributed by atoms with E-state index in [0.717, 1.165) is 16.9 Å². The number of hydrogen-bond donors (Lipinski definition) is 1. The Morgan fingerprint density at radius 3 is 2.93 bits per heavy atom. The van der Waals surface area contributed by atoms with Gasteiger partial charge in [-0.25, -0.2) is 4.98 Å². The Bertz CT molecular complexity index is 443. The monoisotopic (exact) mass is 203 g/mol. The third-order valence-corrected chi connectivity index (χ3v) is 2.23. The largest absolute Gasteiger partial charge is 0.550 e. The van der Waals surface area contributed by atoms with Gasteiger partial charge >= 0.3 is 0 Å². The molecule has 0 bridgehead atoms. The molecule has 0 amide bonds. The number of nitrogens with one attached hydrogen (secondary N) is 1. The Morgan fingerprint density at radius 1 is 1.40 bits per heavy atom. The quantitative estimate of drug-likeness (QED) is 0.792. The van der Waals surface area contributed by atoms with E-state index in [1.165, 1.54) is 0 Å². The zero-order chi connectivity index (χ0) is 10.7. The molecule has 0 aliphatic rings. The third kappa shape index (κ3) is 2.34. The summed E-state index contributed by atoms with van der Waals surface area (Å²) in [6.45, 7) is 0. The van der Waals surface area contributed by atoms with Crippen LogP contribution in [0.4, 0.5) is 0 Å². The molecule has 0 unspecified atom stereocenters. The fourth-order valence-electron chi connectivity index (χ4n) is 1.52. The molecule has 0 saturated heterocycles. The summed E-state index contributed by atoms with van der Waals surface area (Å²) in [5.74, 6) is -0.177. The summed E-state index contributed by atoms with van der Waals surface area (Å²) in [7, 11) is 0. The van der Waals surface area contributed by atoms with Gasteiger partial charge in [0.25, 0.3) is 0 Å². The van der Waals surface area contributed by atoms with Gasteiger partial charge in [-0.2, -0.15) is 0 Å². The molecule has 0 radical (unpaired) electrons. The van der Waals surface area contributed by atoms with Crippen LogP contribution in [-0.4, -0.2) is 15.9 Å². The Kier molecular flexibility index (Phi) is 2.67. The fourth-order valence-corrected chi connectivity index (χ4v) is 1.52. The minimum absolute atomic E-state index is 0.0804. The smallest absolute Gasteiger partial charge is 0.107 e. The zero-order valence-electron chi connectivity index (χ0n) is 8.19. The minimum atomic E-state index is -1.01. The van der Waals surface area contributed by atoms with Crippen LogP contribution in [0.1, 0.15) is 18.7 Å². The second kappa shape index (κ2) is 4.13. The van der Waals surface area contributed by atoms with Crippen molar-refractivity contribution >= 4 is 17.0 Å². The number of imidazole rings is 1. The topological polar surface area (TPSA) is 68.8 Å². The summed E-state index contributed by atoms with van der Waals surface area (Å²) in [6, 6.07) is 7.73. The summed E-state index contributed by atoms with van der Waals surface area (Å²) in [6.07, 6.45) is 1.28. The highest BCUT2D eigenvalue weighted by Crippen LogP contribution is 2.11. The van der Waals surface area contributed by atoms with Crippen LogP contribution < -0.4 is 5.11 Å². The predicted octanol–water partition coefficient (Wildman–Crippen LogP) is 0.635. The molecule has 78 valence electrons. The van der Waals surface area contributed by atoms with Crippen LogP contribution in [0.25, 0.3) is 11.0 Å². The van der Waals surface area contributed by atoms with E-state index in [-0.39, 0.29) is 6.42 Å². The summed E-state index contributed by atoms with van der Waals surface area (Å²) in [5, 5.41) is 10.2. The van der Waals surface area contributed by atoms with Gasteiger partial charge in [-0.3, -0.25) is 0 Å². The molecule has 0 atom stereocenters. The molecule has 4 nitrogen and oxygen atoms in total. The van der Waals surface area contributed by atoms with Crippen molar-refractivity contribution in [3.05, 3.63) is 30.1 Å². The number of aromatic amines is 1. The number of carbonyl (C=O) groups is 1. The van der Waals surface area contributed by atoms with Crippen molar-refractivity contribution in [3.8, 4) is 0 Å². The van der Waals surface area contributed by atoms with E-state index in [0.29, 0.717) is 12.8 Å². The van der Waals surface area contributed by atoms with Crippen LogP contribution in [-0.2, 0) is 11.2 Å². The first-order chi connectivity index (χ1) is 7.25. The SMILES string of the molecule is O=C([O-])CCCc1nc2ccccc2[nH]1. The molecule has 2 aromatic rings. The number of carboxylic acid groups (broad SMARTS) is 1. The molecule has 4 heteroatoms. The standard InChI is InChI=1S/C11H12N2O2/c14-11(15)7-3-6-10-12-8-4-1-2-5-9(8)13-10/h1-2,4-5H,3,6-7H2,(H,12,13)(H,14,15)/p-1. The number of fused-ring (bicyclic) bond motifs is 1.